The SMILES string of the molecule is COc1ccsc1C(=O)Cc1ccc(Cl)s1. The molecule has 16 heavy (non-hydrogen) atoms. The summed E-state index contributed by atoms with van der Waals surface area (Å²) in [5, 5.41) is 1.85. The van der Waals surface area contributed by atoms with Gasteiger partial charge in [0.1, 0.15) is 10.6 Å². The molecule has 0 aliphatic carbocycles. The Labute approximate surface area is 106 Å². The van der Waals surface area contributed by atoms with Gasteiger partial charge in [-0.25, -0.2) is 0 Å². The summed E-state index contributed by atoms with van der Waals surface area (Å²) < 4.78 is 5.83. The average molecular weight is 273 g/mol. The van der Waals surface area contributed by atoms with Crippen LogP contribution in [0.1, 0.15) is 14.5 Å². The maximum Gasteiger partial charge on any atom is 0.181 e. The van der Waals surface area contributed by atoms with E-state index in [9.17, 15) is 4.79 Å². The van der Waals surface area contributed by atoms with Crippen molar-refractivity contribution in [2.45, 2.75) is 6.42 Å². The summed E-state index contributed by atoms with van der Waals surface area (Å²) >= 11 is 8.65. The lowest BCUT2D eigenvalue weighted by atomic mass is 10.2. The highest BCUT2D eigenvalue weighted by atomic mass is 35.5. The molecule has 2 aromatic rings. The fourth-order valence-electron chi connectivity index (χ4n) is 1.35. The molecule has 0 atom stereocenters. The number of carbonyl (C=O) groups excluding carboxylic acids is 1. The summed E-state index contributed by atoms with van der Waals surface area (Å²) in [7, 11) is 1.57. The Morgan fingerprint density at radius 3 is 2.88 bits per heavy atom. The van der Waals surface area contributed by atoms with E-state index in [2.05, 4.69) is 0 Å². The lowest BCUT2D eigenvalue weighted by Gasteiger charge is -2.00. The molecular formula is C11H9ClO2S2. The van der Waals surface area contributed by atoms with Crippen LogP contribution in [-0.4, -0.2) is 12.9 Å². The molecule has 0 saturated carbocycles. The molecule has 2 nitrogen and oxygen atoms in total. The number of hydrogen-bond acceptors (Lipinski definition) is 4. The van der Waals surface area contributed by atoms with E-state index < -0.39 is 0 Å². The van der Waals surface area contributed by atoms with E-state index in [-0.39, 0.29) is 5.78 Å². The third-order valence-corrected chi connectivity index (χ3v) is 4.23. The first-order valence-electron chi connectivity index (χ1n) is 4.59. The Morgan fingerprint density at radius 1 is 1.44 bits per heavy atom. The van der Waals surface area contributed by atoms with Crippen LogP contribution in [0.25, 0.3) is 0 Å². The van der Waals surface area contributed by atoms with Crippen molar-refractivity contribution in [2.24, 2.45) is 0 Å². The Morgan fingerprint density at radius 2 is 2.25 bits per heavy atom. The van der Waals surface area contributed by atoms with Gasteiger partial charge in [-0.1, -0.05) is 11.6 Å². The first-order valence-corrected chi connectivity index (χ1v) is 6.67. The Balaban J connectivity index is 2.14. The van der Waals surface area contributed by atoms with E-state index in [0.717, 1.165) is 4.88 Å². The molecule has 0 aliphatic rings. The van der Waals surface area contributed by atoms with E-state index in [1.807, 2.05) is 11.4 Å². The lowest BCUT2D eigenvalue weighted by Crippen LogP contribution is -2.01. The van der Waals surface area contributed by atoms with Crippen LogP contribution in [0.3, 0.4) is 0 Å². The summed E-state index contributed by atoms with van der Waals surface area (Å²) in [6.45, 7) is 0. The van der Waals surface area contributed by atoms with Crippen molar-refractivity contribution in [3.8, 4) is 5.75 Å². The molecule has 0 aliphatic heterocycles. The number of ketones is 1. The van der Waals surface area contributed by atoms with Gasteiger partial charge in [0.05, 0.1) is 11.4 Å². The molecule has 0 fully saturated rings. The maximum atomic E-state index is 12.0. The number of rotatable bonds is 4. The molecule has 2 rings (SSSR count). The van der Waals surface area contributed by atoms with Crippen LogP contribution in [0.15, 0.2) is 23.6 Å². The van der Waals surface area contributed by atoms with Gasteiger partial charge in [-0.2, -0.15) is 0 Å². The highest BCUT2D eigenvalue weighted by Gasteiger charge is 2.15. The summed E-state index contributed by atoms with van der Waals surface area (Å²) in [6.07, 6.45) is 0.383. The second-order valence-corrected chi connectivity index (χ2v) is 5.84. The fourth-order valence-corrected chi connectivity index (χ4v) is 3.23. The van der Waals surface area contributed by atoms with Crippen molar-refractivity contribution >= 4 is 40.1 Å². The molecule has 0 spiro atoms. The third-order valence-electron chi connectivity index (χ3n) is 2.07. The van der Waals surface area contributed by atoms with Crippen molar-refractivity contribution in [1.29, 1.82) is 0 Å². The lowest BCUT2D eigenvalue weighted by molar-refractivity contribution is 0.0995. The summed E-state index contributed by atoms with van der Waals surface area (Å²) in [5.74, 6) is 0.725. The van der Waals surface area contributed by atoms with Crippen molar-refractivity contribution < 1.29 is 9.53 Å². The summed E-state index contributed by atoms with van der Waals surface area (Å²) in [6, 6.07) is 5.49. The van der Waals surface area contributed by atoms with E-state index in [1.165, 1.54) is 22.7 Å². The molecule has 84 valence electrons. The van der Waals surface area contributed by atoms with Crippen LogP contribution in [0.5, 0.6) is 5.75 Å². The van der Waals surface area contributed by atoms with Crippen molar-refractivity contribution in [1.82, 2.24) is 0 Å². The molecule has 0 unspecified atom stereocenters. The molecular weight excluding hydrogens is 264 g/mol. The number of methoxy groups -OCH3 is 1. The minimum atomic E-state index is 0.0744. The van der Waals surface area contributed by atoms with Crippen LogP contribution in [-0.2, 0) is 6.42 Å². The van der Waals surface area contributed by atoms with E-state index in [1.54, 1.807) is 19.2 Å². The van der Waals surface area contributed by atoms with E-state index in [0.29, 0.717) is 21.4 Å². The monoisotopic (exact) mass is 272 g/mol. The zero-order chi connectivity index (χ0) is 11.5. The van der Waals surface area contributed by atoms with Crippen LogP contribution in [0.2, 0.25) is 4.34 Å². The number of thiophene rings is 2. The van der Waals surface area contributed by atoms with Gasteiger partial charge in [0.2, 0.25) is 0 Å². The zero-order valence-corrected chi connectivity index (χ0v) is 10.9. The second-order valence-electron chi connectivity index (χ2n) is 3.12. The number of hydrogen-bond donors (Lipinski definition) is 0. The highest BCUT2D eigenvalue weighted by Crippen LogP contribution is 2.28. The van der Waals surface area contributed by atoms with Gasteiger partial charge in [0.25, 0.3) is 0 Å². The summed E-state index contributed by atoms with van der Waals surface area (Å²) in [5.41, 5.74) is 0. The quantitative estimate of drug-likeness (QED) is 0.789. The number of ether oxygens (including phenoxy) is 1. The number of carbonyl (C=O) groups is 1. The largest absolute Gasteiger partial charge is 0.495 e. The number of halogens is 1. The molecule has 0 aromatic carbocycles. The van der Waals surface area contributed by atoms with E-state index >= 15 is 0 Å². The van der Waals surface area contributed by atoms with Crippen LogP contribution >= 0.6 is 34.3 Å². The van der Waals surface area contributed by atoms with Gasteiger partial charge in [0.15, 0.2) is 5.78 Å². The predicted octanol–water partition coefficient (Wildman–Crippen LogP) is 3.90. The minimum Gasteiger partial charge on any atom is -0.495 e. The van der Waals surface area contributed by atoms with Gasteiger partial charge < -0.3 is 4.74 Å². The molecule has 5 heteroatoms. The Kier molecular flexibility index (Phi) is 3.63. The molecule has 0 bridgehead atoms. The normalized spacial score (nSPS) is 10.4. The molecule has 0 radical (unpaired) electrons. The maximum absolute atomic E-state index is 12.0. The molecule has 2 heterocycles. The van der Waals surface area contributed by atoms with Gasteiger partial charge in [-0.15, -0.1) is 22.7 Å². The van der Waals surface area contributed by atoms with Gasteiger partial charge in [-0.3, -0.25) is 4.79 Å². The highest BCUT2D eigenvalue weighted by molar-refractivity contribution is 7.16. The molecule has 0 N–H and O–H groups in total. The first-order chi connectivity index (χ1) is 7.70. The van der Waals surface area contributed by atoms with Gasteiger partial charge >= 0.3 is 0 Å². The van der Waals surface area contributed by atoms with Crippen LogP contribution in [0, 0.1) is 0 Å². The fraction of sp³-hybridized carbons (Fsp3) is 0.182. The summed E-state index contributed by atoms with van der Waals surface area (Å²) in [4.78, 5) is 13.6. The zero-order valence-electron chi connectivity index (χ0n) is 8.53. The average Bonchev–Trinajstić information content (AvgIpc) is 2.86. The van der Waals surface area contributed by atoms with E-state index in [4.69, 9.17) is 16.3 Å². The Bertz CT molecular complexity index is 502. The van der Waals surface area contributed by atoms with Crippen LogP contribution in [0.4, 0.5) is 0 Å². The molecule has 0 saturated heterocycles. The van der Waals surface area contributed by atoms with Crippen molar-refractivity contribution in [3.63, 3.8) is 0 Å². The Hall–Kier alpha value is -0.840. The molecule has 0 amide bonds. The van der Waals surface area contributed by atoms with Gasteiger partial charge in [0, 0.05) is 11.3 Å². The molecule has 2 aromatic heterocycles. The number of Topliss-reactive ketones (excluding diaryl/α,β-unsaturated/α-hetero) is 1. The second kappa shape index (κ2) is 4.99. The topological polar surface area (TPSA) is 26.3 Å². The first kappa shape index (κ1) is 11.6. The third kappa shape index (κ3) is 2.45. The van der Waals surface area contributed by atoms with Gasteiger partial charge in [-0.05, 0) is 23.6 Å². The smallest absolute Gasteiger partial charge is 0.181 e. The van der Waals surface area contributed by atoms with Crippen LogP contribution < -0.4 is 4.74 Å². The minimum absolute atomic E-state index is 0.0744. The predicted molar refractivity (Wildman–Crippen MR) is 68.2 cm³/mol. The van der Waals surface area contributed by atoms with Crippen molar-refractivity contribution in [2.75, 3.05) is 7.11 Å². The standard InChI is InChI=1S/C11H9ClO2S2/c1-14-9-4-5-15-11(9)8(13)6-7-2-3-10(12)16-7/h2-5H,6H2,1H3. The van der Waals surface area contributed by atoms with Crippen molar-refractivity contribution in [3.05, 3.63) is 37.7 Å².